The van der Waals surface area contributed by atoms with Gasteiger partial charge in [-0.3, -0.25) is 9.78 Å². The first kappa shape index (κ1) is 17.0. The van der Waals surface area contributed by atoms with E-state index >= 15 is 0 Å². The van der Waals surface area contributed by atoms with Crippen molar-refractivity contribution in [1.82, 2.24) is 9.88 Å². The number of hydrogen-bond donors (Lipinski definition) is 0. The van der Waals surface area contributed by atoms with Crippen LogP contribution in [0.25, 0.3) is 0 Å². The molecule has 0 unspecified atom stereocenters. The van der Waals surface area contributed by atoms with E-state index in [4.69, 9.17) is 4.74 Å². The molecule has 126 valence electrons. The fourth-order valence-corrected chi connectivity index (χ4v) is 3.55. The predicted molar refractivity (Wildman–Crippen MR) is 95.8 cm³/mol. The predicted octanol–water partition coefficient (Wildman–Crippen LogP) is 3.38. The Hall–Kier alpha value is -1.85. The average Bonchev–Trinajstić information content (AvgIpc) is 3.14. The molecule has 1 aromatic carbocycles. The molecule has 0 N–H and O–H groups in total. The van der Waals surface area contributed by atoms with Crippen LogP contribution in [0.1, 0.15) is 18.4 Å². The summed E-state index contributed by atoms with van der Waals surface area (Å²) in [5.74, 6) is 0.583. The van der Waals surface area contributed by atoms with Gasteiger partial charge in [-0.15, -0.1) is 11.8 Å². The van der Waals surface area contributed by atoms with Gasteiger partial charge >= 0.3 is 0 Å². The van der Waals surface area contributed by atoms with Crippen molar-refractivity contribution in [3.63, 3.8) is 0 Å². The fourth-order valence-electron chi connectivity index (χ4n) is 2.76. The first-order valence-electron chi connectivity index (χ1n) is 8.27. The maximum absolute atomic E-state index is 12.7. The van der Waals surface area contributed by atoms with E-state index in [1.807, 2.05) is 35.2 Å². The van der Waals surface area contributed by atoms with E-state index in [1.54, 1.807) is 24.2 Å². The molecular formula is C19H22N2O2S. The number of amides is 1. The van der Waals surface area contributed by atoms with Crippen molar-refractivity contribution in [3.05, 3.63) is 60.4 Å². The summed E-state index contributed by atoms with van der Waals surface area (Å²) in [4.78, 5) is 19.7. The second-order valence-corrected chi connectivity index (χ2v) is 6.92. The van der Waals surface area contributed by atoms with Gasteiger partial charge in [-0.05, 0) is 30.5 Å². The van der Waals surface area contributed by atoms with E-state index in [0.29, 0.717) is 18.8 Å². The summed E-state index contributed by atoms with van der Waals surface area (Å²) < 4.78 is 5.73. The van der Waals surface area contributed by atoms with Crippen molar-refractivity contribution >= 4 is 17.7 Å². The smallest absolute Gasteiger partial charge is 0.233 e. The Kier molecular flexibility index (Phi) is 6.26. The number of aromatic nitrogens is 1. The van der Waals surface area contributed by atoms with Crippen molar-refractivity contribution in [2.45, 2.75) is 30.4 Å². The van der Waals surface area contributed by atoms with E-state index in [-0.39, 0.29) is 12.0 Å². The molecule has 2 aromatic rings. The number of nitrogens with zero attached hydrogens (tertiary/aromatic N) is 2. The van der Waals surface area contributed by atoms with Crippen LogP contribution in [-0.2, 0) is 16.1 Å². The maximum Gasteiger partial charge on any atom is 0.233 e. The van der Waals surface area contributed by atoms with Gasteiger partial charge < -0.3 is 9.64 Å². The lowest BCUT2D eigenvalue weighted by atomic mass is 10.2. The van der Waals surface area contributed by atoms with E-state index in [0.717, 1.165) is 29.9 Å². The van der Waals surface area contributed by atoms with E-state index in [2.05, 4.69) is 17.1 Å². The summed E-state index contributed by atoms with van der Waals surface area (Å²) in [6, 6.07) is 14.0. The molecule has 1 aromatic heterocycles. The van der Waals surface area contributed by atoms with Crippen LogP contribution < -0.4 is 0 Å². The minimum absolute atomic E-state index is 0.149. The second-order valence-electron chi connectivity index (χ2n) is 5.87. The molecular weight excluding hydrogens is 320 g/mol. The van der Waals surface area contributed by atoms with Gasteiger partial charge in [0.1, 0.15) is 0 Å². The average molecular weight is 342 g/mol. The van der Waals surface area contributed by atoms with E-state index in [1.165, 1.54) is 0 Å². The van der Waals surface area contributed by atoms with Crippen molar-refractivity contribution < 1.29 is 9.53 Å². The molecule has 4 nitrogen and oxygen atoms in total. The Bertz CT molecular complexity index is 630. The van der Waals surface area contributed by atoms with Gasteiger partial charge in [0.25, 0.3) is 0 Å². The molecule has 5 heteroatoms. The molecule has 1 amide bonds. The quantitative estimate of drug-likeness (QED) is 0.724. The molecule has 1 fully saturated rings. The topological polar surface area (TPSA) is 42.4 Å². The molecule has 0 spiro atoms. The Morgan fingerprint density at radius 1 is 1.21 bits per heavy atom. The standard InChI is InChI=1S/C19H22N2O2S/c22-19(15-24-18-8-10-20-11-9-18)21(14-17-7-4-12-23-17)13-16-5-2-1-3-6-16/h1-3,5-6,8-11,17H,4,7,12-15H2/t17-/m0/s1. The molecule has 24 heavy (non-hydrogen) atoms. The lowest BCUT2D eigenvalue weighted by molar-refractivity contribution is -0.130. The van der Waals surface area contributed by atoms with Crippen LogP contribution >= 0.6 is 11.8 Å². The number of hydrogen-bond acceptors (Lipinski definition) is 4. The number of carbonyl (C=O) groups is 1. The number of carbonyl (C=O) groups excluding carboxylic acids is 1. The summed E-state index contributed by atoms with van der Waals surface area (Å²) in [6.45, 7) is 2.12. The lowest BCUT2D eigenvalue weighted by Gasteiger charge is -2.25. The first-order chi connectivity index (χ1) is 11.8. The minimum Gasteiger partial charge on any atom is -0.376 e. The zero-order valence-electron chi connectivity index (χ0n) is 13.6. The van der Waals surface area contributed by atoms with Gasteiger partial charge in [-0.25, -0.2) is 0 Å². The minimum atomic E-state index is 0.149. The molecule has 0 saturated carbocycles. The Balaban J connectivity index is 1.62. The highest BCUT2D eigenvalue weighted by atomic mass is 32.2. The van der Waals surface area contributed by atoms with Gasteiger partial charge in [-0.2, -0.15) is 0 Å². The fraction of sp³-hybridized carbons (Fsp3) is 0.368. The van der Waals surface area contributed by atoms with Gasteiger partial charge in [0.2, 0.25) is 5.91 Å². The third kappa shape index (κ3) is 5.08. The lowest BCUT2D eigenvalue weighted by Crippen LogP contribution is -2.38. The molecule has 0 aliphatic carbocycles. The molecule has 1 aliphatic rings. The number of rotatable bonds is 7. The largest absolute Gasteiger partial charge is 0.376 e. The molecule has 0 radical (unpaired) electrons. The summed E-state index contributed by atoms with van der Waals surface area (Å²) in [5.41, 5.74) is 1.15. The highest BCUT2D eigenvalue weighted by Gasteiger charge is 2.22. The van der Waals surface area contributed by atoms with Crippen LogP contribution in [0.3, 0.4) is 0 Å². The Labute approximate surface area is 147 Å². The van der Waals surface area contributed by atoms with Crippen molar-refractivity contribution in [3.8, 4) is 0 Å². The highest BCUT2D eigenvalue weighted by molar-refractivity contribution is 8.00. The zero-order valence-corrected chi connectivity index (χ0v) is 14.5. The van der Waals surface area contributed by atoms with Crippen LogP contribution in [0, 0.1) is 0 Å². The molecule has 1 aliphatic heterocycles. The first-order valence-corrected chi connectivity index (χ1v) is 9.26. The normalized spacial score (nSPS) is 16.9. The number of benzene rings is 1. The number of ether oxygens (including phenoxy) is 1. The zero-order chi connectivity index (χ0) is 16.6. The van der Waals surface area contributed by atoms with Crippen LogP contribution in [0.5, 0.6) is 0 Å². The number of thioether (sulfide) groups is 1. The third-order valence-corrected chi connectivity index (χ3v) is 5.03. The summed E-state index contributed by atoms with van der Waals surface area (Å²) in [7, 11) is 0. The van der Waals surface area contributed by atoms with Crippen LogP contribution in [-0.4, -0.2) is 40.8 Å². The molecule has 3 rings (SSSR count). The SMILES string of the molecule is O=C(CSc1ccncc1)N(Cc1ccccc1)C[C@@H]1CCCO1. The van der Waals surface area contributed by atoms with Gasteiger partial charge in [0.15, 0.2) is 0 Å². The van der Waals surface area contributed by atoms with Crippen LogP contribution in [0.4, 0.5) is 0 Å². The second kappa shape index (κ2) is 8.85. The Morgan fingerprint density at radius 3 is 2.71 bits per heavy atom. The summed E-state index contributed by atoms with van der Waals surface area (Å²) in [6.07, 6.45) is 5.80. The van der Waals surface area contributed by atoms with Gasteiger partial charge in [0, 0.05) is 37.0 Å². The maximum atomic E-state index is 12.7. The van der Waals surface area contributed by atoms with Crippen LogP contribution in [0.2, 0.25) is 0 Å². The summed E-state index contributed by atoms with van der Waals surface area (Å²) >= 11 is 1.55. The van der Waals surface area contributed by atoms with E-state index in [9.17, 15) is 4.79 Å². The highest BCUT2D eigenvalue weighted by Crippen LogP contribution is 2.19. The third-order valence-electron chi connectivity index (χ3n) is 4.03. The van der Waals surface area contributed by atoms with Gasteiger partial charge in [-0.1, -0.05) is 30.3 Å². The monoisotopic (exact) mass is 342 g/mol. The van der Waals surface area contributed by atoms with Gasteiger partial charge in [0.05, 0.1) is 11.9 Å². The Morgan fingerprint density at radius 2 is 2.00 bits per heavy atom. The molecule has 1 atom stereocenters. The molecule has 1 saturated heterocycles. The van der Waals surface area contributed by atoms with Crippen LogP contribution in [0.15, 0.2) is 59.8 Å². The van der Waals surface area contributed by atoms with Crippen molar-refractivity contribution in [2.24, 2.45) is 0 Å². The van der Waals surface area contributed by atoms with Crippen molar-refractivity contribution in [1.29, 1.82) is 0 Å². The number of pyridine rings is 1. The van der Waals surface area contributed by atoms with E-state index < -0.39 is 0 Å². The molecule has 2 heterocycles. The van der Waals surface area contributed by atoms with Crippen molar-refractivity contribution in [2.75, 3.05) is 18.9 Å². The molecule has 0 bridgehead atoms. The summed E-state index contributed by atoms with van der Waals surface area (Å²) in [5, 5.41) is 0.